The second kappa shape index (κ2) is 9.04. The molecule has 0 bridgehead atoms. The second-order valence-corrected chi connectivity index (χ2v) is 8.49. The van der Waals surface area contributed by atoms with E-state index >= 15 is 0 Å². The van der Waals surface area contributed by atoms with Gasteiger partial charge in [-0.2, -0.15) is 8.97 Å². The van der Waals surface area contributed by atoms with Crippen LogP contribution >= 0.6 is 11.6 Å². The van der Waals surface area contributed by atoms with Gasteiger partial charge in [0.15, 0.2) is 5.56 Å². The van der Waals surface area contributed by atoms with Crippen molar-refractivity contribution in [3.63, 3.8) is 0 Å². The zero-order chi connectivity index (χ0) is 23.7. The first kappa shape index (κ1) is 21.7. The molecular weight excluding hydrogens is 448 g/mol. The highest BCUT2D eigenvalue weighted by molar-refractivity contribution is 6.30. The summed E-state index contributed by atoms with van der Waals surface area (Å²) >= 11 is 6.00. The standard InChI is InChI=1S/C28H21ClN2O3/c1-19-7-6-9-20(17-19)26-27(32)30-16-5-4-11-25(30)31(28(26)33)18-21-8-2-3-10-24(21)34-23-14-12-22(29)13-15-23/h2-17H,18H2,1H3/p+1. The number of hydrogen-bond donors (Lipinski definition) is 1. The molecule has 1 N–H and O–H groups in total. The Balaban J connectivity index is 1.66. The van der Waals surface area contributed by atoms with Crippen molar-refractivity contribution in [2.45, 2.75) is 13.5 Å². The van der Waals surface area contributed by atoms with Crippen molar-refractivity contribution in [3.8, 4) is 28.5 Å². The molecule has 0 atom stereocenters. The van der Waals surface area contributed by atoms with Crippen molar-refractivity contribution in [1.29, 1.82) is 0 Å². The molecule has 0 spiro atoms. The molecule has 0 saturated heterocycles. The number of nitrogens with zero attached hydrogens (tertiary/aromatic N) is 2. The highest BCUT2D eigenvalue weighted by Crippen LogP contribution is 2.28. The van der Waals surface area contributed by atoms with Crippen molar-refractivity contribution in [2.24, 2.45) is 0 Å². The Hall–Kier alpha value is -4.09. The maximum atomic E-state index is 13.4. The van der Waals surface area contributed by atoms with Gasteiger partial charge in [0, 0.05) is 16.7 Å². The van der Waals surface area contributed by atoms with Crippen molar-refractivity contribution >= 4 is 17.2 Å². The lowest BCUT2D eigenvalue weighted by Gasteiger charge is -2.13. The number of para-hydroxylation sites is 1. The summed E-state index contributed by atoms with van der Waals surface area (Å²) in [7, 11) is 0. The predicted octanol–water partition coefficient (Wildman–Crippen LogP) is 5.76. The van der Waals surface area contributed by atoms with Gasteiger partial charge in [-0.15, -0.1) is 0 Å². The summed E-state index contributed by atoms with van der Waals surface area (Å²) in [5.74, 6) is 1.21. The summed E-state index contributed by atoms with van der Waals surface area (Å²) in [6.07, 6.45) is 1.71. The molecule has 3 aromatic carbocycles. The summed E-state index contributed by atoms with van der Waals surface area (Å²) in [6, 6.07) is 27.8. The van der Waals surface area contributed by atoms with Crippen molar-refractivity contribution in [3.05, 3.63) is 124 Å². The SMILES string of the molecule is Cc1cccc(-c2c(O)[n+](Cc3ccccc3Oc3ccc(Cl)cc3)c3ccccn3c2=O)c1. The smallest absolute Gasteiger partial charge is 0.354 e. The highest BCUT2D eigenvalue weighted by Gasteiger charge is 2.25. The Morgan fingerprint density at radius 1 is 0.941 bits per heavy atom. The molecule has 0 fully saturated rings. The van der Waals surface area contributed by atoms with Crippen LogP contribution in [0, 0.1) is 6.92 Å². The molecule has 0 amide bonds. The number of fused-ring (bicyclic) bond motifs is 1. The molecule has 0 radical (unpaired) electrons. The fourth-order valence-electron chi connectivity index (χ4n) is 4.03. The normalized spacial score (nSPS) is 11.0. The van der Waals surface area contributed by atoms with E-state index in [0.717, 1.165) is 11.1 Å². The van der Waals surface area contributed by atoms with Gasteiger partial charge in [-0.1, -0.05) is 65.7 Å². The quantitative estimate of drug-likeness (QED) is 0.333. The van der Waals surface area contributed by atoms with Gasteiger partial charge in [-0.3, -0.25) is 0 Å². The molecule has 0 aliphatic heterocycles. The zero-order valence-electron chi connectivity index (χ0n) is 18.5. The number of hydrogen-bond acceptors (Lipinski definition) is 3. The van der Waals surface area contributed by atoms with Crippen LogP contribution in [-0.2, 0) is 6.54 Å². The fourth-order valence-corrected chi connectivity index (χ4v) is 4.15. The molecule has 0 aliphatic carbocycles. The summed E-state index contributed by atoms with van der Waals surface area (Å²) in [5, 5.41) is 12.0. The minimum Gasteiger partial charge on any atom is -0.477 e. The molecule has 0 saturated carbocycles. The third-order valence-corrected chi connectivity index (χ3v) is 5.93. The Labute approximate surface area is 201 Å². The zero-order valence-corrected chi connectivity index (χ0v) is 19.2. The minimum absolute atomic E-state index is 0.0944. The van der Waals surface area contributed by atoms with Crippen LogP contribution in [0.25, 0.3) is 16.8 Å². The van der Waals surface area contributed by atoms with E-state index < -0.39 is 0 Å². The predicted molar refractivity (Wildman–Crippen MR) is 133 cm³/mol. The number of aromatic nitrogens is 2. The average molecular weight is 470 g/mol. The molecule has 5 rings (SSSR count). The lowest BCUT2D eigenvalue weighted by molar-refractivity contribution is -0.671. The topological polar surface area (TPSA) is 54.8 Å². The monoisotopic (exact) mass is 469 g/mol. The number of benzene rings is 3. The second-order valence-electron chi connectivity index (χ2n) is 8.05. The molecule has 0 aliphatic rings. The number of ether oxygens (including phenoxy) is 1. The van der Waals surface area contributed by atoms with Gasteiger partial charge in [-0.25, -0.2) is 4.79 Å². The van der Waals surface area contributed by atoms with E-state index in [2.05, 4.69) is 0 Å². The third-order valence-electron chi connectivity index (χ3n) is 5.68. The van der Waals surface area contributed by atoms with Crippen molar-refractivity contribution < 1.29 is 14.4 Å². The van der Waals surface area contributed by atoms with E-state index in [0.29, 0.717) is 34.3 Å². The van der Waals surface area contributed by atoms with E-state index in [9.17, 15) is 9.90 Å². The van der Waals surface area contributed by atoms with E-state index in [1.54, 1.807) is 45.5 Å². The number of aromatic hydroxyl groups is 1. The Kier molecular flexibility index (Phi) is 5.78. The highest BCUT2D eigenvalue weighted by atomic mass is 35.5. The number of halogens is 1. The van der Waals surface area contributed by atoms with Crippen molar-refractivity contribution in [2.75, 3.05) is 0 Å². The minimum atomic E-state index is -0.277. The van der Waals surface area contributed by atoms with Gasteiger partial charge in [0.25, 0.3) is 11.5 Å². The molecule has 2 aromatic heterocycles. The van der Waals surface area contributed by atoms with Gasteiger partial charge < -0.3 is 9.84 Å². The van der Waals surface area contributed by atoms with Crippen molar-refractivity contribution in [1.82, 2.24) is 4.40 Å². The van der Waals surface area contributed by atoms with Crippen LogP contribution in [0.5, 0.6) is 17.4 Å². The van der Waals surface area contributed by atoms with Crippen LogP contribution in [0.2, 0.25) is 5.02 Å². The Morgan fingerprint density at radius 2 is 1.71 bits per heavy atom. The van der Waals surface area contributed by atoms with Crippen LogP contribution < -0.4 is 14.9 Å². The molecule has 168 valence electrons. The number of rotatable bonds is 5. The first-order chi connectivity index (χ1) is 16.5. The van der Waals surface area contributed by atoms with E-state index in [1.807, 2.05) is 67.6 Å². The molecule has 34 heavy (non-hydrogen) atoms. The fraction of sp³-hybridized carbons (Fsp3) is 0.0714. The van der Waals surface area contributed by atoms with Gasteiger partial charge in [0.1, 0.15) is 18.0 Å². The van der Waals surface area contributed by atoms with E-state index in [-0.39, 0.29) is 17.0 Å². The van der Waals surface area contributed by atoms with Crippen LogP contribution in [0.4, 0.5) is 0 Å². The lowest BCUT2D eigenvalue weighted by atomic mass is 10.1. The third kappa shape index (κ3) is 4.14. The summed E-state index contributed by atoms with van der Waals surface area (Å²) in [4.78, 5) is 13.4. The van der Waals surface area contributed by atoms with Gasteiger partial charge in [-0.05, 0) is 48.9 Å². The van der Waals surface area contributed by atoms with E-state index in [1.165, 1.54) is 0 Å². The van der Waals surface area contributed by atoms with Crippen LogP contribution in [0.1, 0.15) is 11.1 Å². The maximum Gasteiger partial charge on any atom is 0.354 e. The molecule has 5 nitrogen and oxygen atoms in total. The molecular formula is C28H22ClN2O3+. The summed E-state index contributed by atoms with van der Waals surface area (Å²) < 4.78 is 9.40. The van der Waals surface area contributed by atoms with Gasteiger partial charge in [0.05, 0.1) is 6.20 Å². The first-order valence-corrected chi connectivity index (χ1v) is 11.2. The number of aryl methyl sites for hydroxylation is 1. The average Bonchev–Trinajstić information content (AvgIpc) is 2.84. The summed E-state index contributed by atoms with van der Waals surface area (Å²) in [5.41, 5.74) is 3.06. The maximum absolute atomic E-state index is 13.4. The molecule has 0 unspecified atom stereocenters. The van der Waals surface area contributed by atoms with Crippen LogP contribution in [0.3, 0.4) is 0 Å². The lowest BCUT2D eigenvalue weighted by Crippen LogP contribution is -2.41. The van der Waals surface area contributed by atoms with Crippen LogP contribution in [0.15, 0.2) is 102 Å². The largest absolute Gasteiger partial charge is 0.477 e. The number of pyridine rings is 1. The van der Waals surface area contributed by atoms with Gasteiger partial charge >= 0.3 is 5.56 Å². The molecule has 6 heteroatoms. The van der Waals surface area contributed by atoms with Crippen LogP contribution in [-0.4, -0.2) is 9.51 Å². The molecule has 5 aromatic rings. The molecule has 2 heterocycles. The Bertz CT molecular complexity index is 1560. The first-order valence-electron chi connectivity index (χ1n) is 10.9. The van der Waals surface area contributed by atoms with E-state index in [4.69, 9.17) is 16.3 Å². The van der Waals surface area contributed by atoms with Gasteiger partial charge in [0.2, 0.25) is 0 Å². The Morgan fingerprint density at radius 3 is 2.50 bits per heavy atom. The summed E-state index contributed by atoms with van der Waals surface area (Å²) in [6.45, 7) is 2.25.